The Kier molecular flexibility index (Phi) is 5.97. The molecule has 2 N–H and O–H groups in total. The summed E-state index contributed by atoms with van der Waals surface area (Å²) in [6, 6.07) is 16.1. The van der Waals surface area contributed by atoms with Gasteiger partial charge >= 0.3 is 0 Å². The topological polar surface area (TPSA) is 106 Å². The van der Waals surface area contributed by atoms with Crippen LogP contribution in [-0.2, 0) is 4.79 Å². The van der Waals surface area contributed by atoms with E-state index in [1.54, 1.807) is 38.4 Å². The van der Waals surface area contributed by atoms with E-state index >= 15 is 0 Å². The smallest absolute Gasteiger partial charge is 0.251 e. The van der Waals surface area contributed by atoms with Crippen LogP contribution in [0.25, 0.3) is 11.4 Å². The highest BCUT2D eigenvalue weighted by Gasteiger charge is 2.42. The Hall–Kier alpha value is -3.68. The largest absolute Gasteiger partial charge is 0.497 e. The fraction of sp³-hybridized carbons (Fsp3) is 0.304. The van der Waals surface area contributed by atoms with Gasteiger partial charge in [0.2, 0.25) is 17.6 Å². The molecule has 160 valence electrons. The SMILES string of the molecule is CNC(=O)C1CC(NC(=O)c2cccc(OC)c2)C(c2nc(-c3ccccc3)no2)C1. The molecule has 0 saturated heterocycles. The number of hydrogen-bond acceptors (Lipinski definition) is 6. The highest BCUT2D eigenvalue weighted by Crippen LogP contribution is 2.39. The van der Waals surface area contributed by atoms with Crippen molar-refractivity contribution in [2.45, 2.75) is 24.8 Å². The molecule has 1 aromatic heterocycles. The number of methoxy groups -OCH3 is 1. The van der Waals surface area contributed by atoms with Crippen molar-refractivity contribution in [1.82, 2.24) is 20.8 Å². The quantitative estimate of drug-likeness (QED) is 0.635. The van der Waals surface area contributed by atoms with Crippen LogP contribution >= 0.6 is 0 Å². The van der Waals surface area contributed by atoms with Crippen LogP contribution in [-0.4, -0.2) is 42.2 Å². The average Bonchev–Trinajstić information content (AvgIpc) is 3.46. The third-order valence-electron chi connectivity index (χ3n) is 5.62. The second-order valence-corrected chi connectivity index (χ2v) is 7.52. The van der Waals surface area contributed by atoms with Crippen LogP contribution in [0, 0.1) is 5.92 Å². The number of benzene rings is 2. The second kappa shape index (κ2) is 8.99. The van der Waals surface area contributed by atoms with Crippen molar-refractivity contribution < 1.29 is 18.8 Å². The van der Waals surface area contributed by atoms with E-state index in [0.717, 1.165) is 5.56 Å². The van der Waals surface area contributed by atoms with E-state index in [9.17, 15) is 9.59 Å². The Balaban J connectivity index is 1.57. The molecule has 2 aromatic carbocycles. The summed E-state index contributed by atoms with van der Waals surface area (Å²) in [5, 5.41) is 9.85. The number of nitrogens with zero attached hydrogens (tertiary/aromatic N) is 2. The van der Waals surface area contributed by atoms with Crippen LogP contribution in [0.3, 0.4) is 0 Å². The lowest BCUT2D eigenvalue weighted by Gasteiger charge is -2.18. The molecule has 1 saturated carbocycles. The van der Waals surface area contributed by atoms with Gasteiger partial charge in [0.25, 0.3) is 5.91 Å². The Labute approximate surface area is 180 Å². The van der Waals surface area contributed by atoms with Gasteiger partial charge in [-0.3, -0.25) is 9.59 Å². The number of hydrogen-bond donors (Lipinski definition) is 2. The van der Waals surface area contributed by atoms with Crippen LogP contribution in [0.4, 0.5) is 0 Å². The van der Waals surface area contributed by atoms with Gasteiger partial charge in [0, 0.05) is 30.1 Å². The Bertz CT molecular complexity index is 1070. The third-order valence-corrected chi connectivity index (χ3v) is 5.62. The van der Waals surface area contributed by atoms with Crippen LogP contribution in [0.1, 0.15) is 35.0 Å². The minimum atomic E-state index is -0.315. The van der Waals surface area contributed by atoms with Crippen molar-refractivity contribution in [1.29, 1.82) is 0 Å². The highest BCUT2D eigenvalue weighted by atomic mass is 16.5. The minimum Gasteiger partial charge on any atom is -0.497 e. The molecule has 0 aliphatic heterocycles. The van der Waals surface area contributed by atoms with Gasteiger partial charge in [-0.2, -0.15) is 4.98 Å². The zero-order valence-electron chi connectivity index (χ0n) is 17.4. The molecule has 0 bridgehead atoms. The average molecular weight is 420 g/mol. The number of carbonyl (C=O) groups is 2. The van der Waals surface area contributed by atoms with E-state index in [1.165, 1.54) is 0 Å². The summed E-state index contributed by atoms with van der Waals surface area (Å²) in [5.41, 5.74) is 1.33. The highest BCUT2D eigenvalue weighted by molar-refractivity contribution is 5.95. The minimum absolute atomic E-state index is 0.0640. The van der Waals surface area contributed by atoms with E-state index in [0.29, 0.717) is 35.9 Å². The first kappa shape index (κ1) is 20.6. The Morgan fingerprint density at radius 3 is 2.65 bits per heavy atom. The van der Waals surface area contributed by atoms with Gasteiger partial charge in [-0.05, 0) is 31.0 Å². The summed E-state index contributed by atoms with van der Waals surface area (Å²) >= 11 is 0. The van der Waals surface area contributed by atoms with E-state index in [4.69, 9.17) is 9.26 Å². The van der Waals surface area contributed by atoms with Gasteiger partial charge in [0.05, 0.1) is 13.0 Å². The van der Waals surface area contributed by atoms with Crippen LogP contribution in [0.2, 0.25) is 0 Å². The first-order valence-electron chi connectivity index (χ1n) is 10.1. The van der Waals surface area contributed by atoms with Crippen LogP contribution in [0.15, 0.2) is 59.1 Å². The molecule has 0 radical (unpaired) electrons. The molecule has 8 heteroatoms. The monoisotopic (exact) mass is 420 g/mol. The van der Waals surface area contributed by atoms with Gasteiger partial charge in [-0.25, -0.2) is 0 Å². The van der Waals surface area contributed by atoms with Crippen molar-refractivity contribution in [3.05, 3.63) is 66.1 Å². The van der Waals surface area contributed by atoms with Crippen molar-refractivity contribution in [2.24, 2.45) is 5.92 Å². The normalized spacial score (nSPS) is 20.3. The molecule has 3 aromatic rings. The molecule has 8 nitrogen and oxygen atoms in total. The van der Waals surface area contributed by atoms with Gasteiger partial charge in [0.15, 0.2) is 0 Å². The van der Waals surface area contributed by atoms with Crippen molar-refractivity contribution in [2.75, 3.05) is 14.2 Å². The predicted molar refractivity (Wildman–Crippen MR) is 114 cm³/mol. The van der Waals surface area contributed by atoms with E-state index in [1.807, 2.05) is 30.3 Å². The zero-order valence-corrected chi connectivity index (χ0v) is 17.4. The summed E-state index contributed by atoms with van der Waals surface area (Å²) < 4.78 is 10.8. The maximum absolute atomic E-state index is 12.9. The standard InChI is InChI=1S/C23H24N4O4/c1-24-21(28)16-12-18(23-26-20(27-31-23)14-7-4-3-5-8-14)19(13-16)25-22(29)15-9-6-10-17(11-15)30-2/h3-11,16,18-19H,12-13H2,1-2H3,(H,24,28)(H,25,29). The molecule has 2 amide bonds. The number of ether oxygens (including phenoxy) is 1. The van der Waals surface area contributed by atoms with Gasteiger partial charge in [-0.1, -0.05) is 41.6 Å². The summed E-state index contributed by atoms with van der Waals surface area (Å²) in [6.07, 6.45) is 1.00. The zero-order chi connectivity index (χ0) is 21.8. The lowest BCUT2D eigenvalue weighted by Crippen LogP contribution is -2.37. The Morgan fingerprint density at radius 1 is 1.10 bits per heavy atom. The molecule has 3 unspecified atom stereocenters. The molecule has 4 rings (SSSR count). The first-order valence-corrected chi connectivity index (χ1v) is 10.1. The van der Waals surface area contributed by atoms with E-state index in [-0.39, 0.29) is 29.7 Å². The maximum Gasteiger partial charge on any atom is 0.251 e. The van der Waals surface area contributed by atoms with Crippen molar-refractivity contribution in [3.63, 3.8) is 0 Å². The molecular weight excluding hydrogens is 396 g/mol. The molecule has 1 aliphatic rings. The van der Waals surface area contributed by atoms with Gasteiger partial charge < -0.3 is 19.9 Å². The molecule has 1 heterocycles. The molecule has 3 atom stereocenters. The molecular formula is C23H24N4O4. The fourth-order valence-corrected chi connectivity index (χ4v) is 3.99. The van der Waals surface area contributed by atoms with E-state index in [2.05, 4.69) is 20.8 Å². The second-order valence-electron chi connectivity index (χ2n) is 7.52. The fourth-order valence-electron chi connectivity index (χ4n) is 3.99. The summed E-state index contributed by atoms with van der Waals surface area (Å²) in [4.78, 5) is 29.7. The van der Waals surface area contributed by atoms with E-state index < -0.39 is 0 Å². The molecule has 1 fully saturated rings. The third kappa shape index (κ3) is 4.42. The summed E-state index contributed by atoms with van der Waals surface area (Å²) in [5.74, 6) is 0.681. The Morgan fingerprint density at radius 2 is 1.90 bits per heavy atom. The lowest BCUT2D eigenvalue weighted by molar-refractivity contribution is -0.124. The first-order chi connectivity index (χ1) is 15.1. The number of carbonyl (C=O) groups excluding carboxylic acids is 2. The predicted octanol–water partition coefficient (Wildman–Crippen LogP) is 2.78. The summed E-state index contributed by atoms with van der Waals surface area (Å²) in [7, 11) is 3.16. The summed E-state index contributed by atoms with van der Waals surface area (Å²) in [6.45, 7) is 0. The molecule has 31 heavy (non-hydrogen) atoms. The lowest BCUT2D eigenvalue weighted by atomic mass is 10.0. The van der Waals surface area contributed by atoms with Crippen molar-refractivity contribution >= 4 is 11.8 Å². The number of amides is 2. The molecule has 1 aliphatic carbocycles. The van der Waals surface area contributed by atoms with Gasteiger partial charge in [-0.15, -0.1) is 0 Å². The molecule has 0 spiro atoms. The van der Waals surface area contributed by atoms with Gasteiger partial charge in [0.1, 0.15) is 5.75 Å². The maximum atomic E-state index is 12.9. The van der Waals surface area contributed by atoms with Crippen LogP contribution < -0.4 is 15.4 Å². The number of nitrogens with one attached hydrogen (secondary N) is 2. The number of aromatic nitrogens is 2. The number of rotatable bonds is 6. The van der Waals surface area contributed by atoms with Crippen LogP contribution in [0.5, 0.6) is 5.75 Å². The van der Waals surface area contributed by atoms with Crippen molar-refractivity contribution in [3.8, 4) is 17.1 Å².